The summed E-state index contributed by atoms with van der Waals surface area (Å²) in [5, 5.41) is 0.353. The number of methoxy groups -OCH3 is 1. The smallest absolute Gasteiger partial charge is 0.421 e. The van der Waals surface area contributed by atoms with Crippen molar-refractivity contribution in [3.05, 3.63) is 52.4 Å². The number of nitrogens with zero attached hydrogens (tertiary/aromatic N) is 1. The van der Waals surface area contributed by atoms with Crippen molar-refractivity contribution >= 4 is 22.0 Å². The number of benzene rings is 1. The van der Waals surface area contributed by atoms with Crippen LogP contribution in [0.2, 0.25) is 0 Å². The lowest BCUT2D eigenvalue weighted by atomic mass is 10.1. The summed E-state index contributed by atoms with van der Waals surface area (Å²) in [5.41, 5.74) is 1.03. The lowest BCUT2D eigenvalue weighted by molar-refractivity contribution is 0.0527. The predicted octanol–water partition coefficient (Wildman–Crippen LogP) is 4.20. The first-order valence-corrected chi connectivity index (χ1v) is 8.57. The lowest BCUT2D eigenvalue weighted by Gasteiger charge is -2.21. The van der Waals surface area contributed by atoms with Crippen molar-refractivity contribution in [2.24, 2.45) is 0 Å². The zero-order valence-corrected chi connectivity index (χ0v) is 15.7. The van der Waals surface area contributed by atoms with Crippen molar-refractivity contribution in [3.8, 4) is 16.9 Å². The van der Waals surface area contributed by atoms with Crippen molar-refractivity contribution in [2.45, 2.75) is 31.7 Å². The van der Waals surface area contributed by atoms with E-state index in [9.17, 15) is 9.59 Å². The SMILES string of the molecule is COc1ccc(-c2cc(CBr)n(C(=O)OC(C)(C)C)c(=O)c2)cc1. The maximum absolute atomic E-state index is 12.5. The van der Waals surface area contributed by atoms with Crippen LogP contribution in [0.3, 0.4) is 0 Å². The van der Waals surface area contributed by atoms with Gasteiger partial charge in [0.25, 0.3) is 5.56 Å². The van der Waals surface area contributed by atoms with Gasteiger partial charge in [0, 0.05) is 17.1 Å². The molecule has 0 N–H and O–H groups in total. The van der Waals surface area contributed by atoms with Gasteiger partial charge in [-0.1, -0.05) is 28.1 Å². The summed E-state index contributed by atoms with van der Waals surface area (Å²) in [6.07, 6.45) is -0.678. The van der Waals surface area contributed by atoms with Crippen LogP contribution in [-0.2, 0) is 10.1 Å². The molecule has 0 spiro atoms. The molecule has 0 aliphatic carbocycles. The van der Waals surface area contributed by atoms with Crippen LogP contribution >= 0.6 is 15.9 Å². The summed E-state index contributed by atoms with van der Waals surface area (Å²) in [4.78, 5) is 24.8. The fourth-order valence-corrected chi connectivity index (χ4v) is 2.60. The number of carbonyl (C=O) groups is 1. The van der Waals surface area contributed by atoms with Crippen LogP contribution in [0.15, 0.2) is 41.2 Å². The first kappa shape index (κ1) is 18.3. The highest BCUT2D eigenvalue weighted by Gasteiger charge is 2.21. The van der Waals surface area contributed by atoms with Gasteiger partial charge in [-0.2, -0.15) is 0 Å². The fourth-order valence-electron chi connectivity index (χ4n) is 2.19. The topological polar surface area (TPSA) is 57.5 Å². The third kappa shape index (κ3) is 4.26. The maximum Gasteiger partial charge on any atom is 0.421 e. The molecule has 0 aliphatic heterocycles. The molecule has 0 aliphatic rings. The molecule has 5 nitrogen and oxygen atoms in total. The summed E-state index contributed by atoms with van der Waals surface area (Å²) in [6, 6.07) is 10.6. The molecular formula is C18H20BrNO4. The largest absolute Gasteiger partial charge is 0.497 e. The molecule has 0 radical (unpaired) electrons. The molecule has 128 valence electrons. The fraction of sp³-hybridized carbons (Fsp3) is 0.333. The van der Waals surface area contributed by atoms with Gasteiger partial charge in [0.05, 0.1) is 7.11 Å². The van der Waals surface area contributed by atoms with Crippen molar-refractivity contribution in [1.29, 1.82) is 0 Å². The molecule has 0 unspecified atom stereocenters. The number of halogens is 1. The average molecular weight is 394 g/mol. The summed E-state index contributed by atoms with van der Waals surface area (Å²) >= 11 is 3.33. The quantitative estimate of drug-likeness (QED) is 0.733. The van der Waals surface area contributed by atoms with E-state index < -0.39 is 17.3 Å². The Bertz CT molecular complexity index is 788. The van der Waals surface area contributed by atoms with Gasteiger partial charge in [-0.3, -0.25) is 4.79 Å². The number of carbonyl (C=O) groups excluding carboxylic acids is 1. The highest BCUT2D eigenvalue weighted by atomic mass is 79.9. The van der Waals surface area contributed by atoms with Gasteiger partial charge in [-0.15, -0.1) is 0 Å². The van der Waals surface area contributed by atoms with E-state index in [1.807, 2.05) is 24.3 Å². The van der Waals surface area contributed by atoms with Gasteiger partial charge in [0.1, 0.15) is 11.4 Å². The third-order valence-electron chi connectivity index (χ3n) is 3.25. The standard InChI is InChI=1S/C18H20BrNO4/c1-18(2,3)24-17(22)20-14(11-19)9-13(10-16(20)21)12-5-7-15(23-4)8-6-12/h5-10H,11H2,1-4H3. The molecular weight excluding hydrogens is 374 g/mol. The van der Waals surface area contributed by atoms with E-state index in [-0.39, 0.29) is 0 Å². The molecule has 0 saturated carbocycles. The van der Waals surface area contributed by atoms with Crippen molar-refractivity contribution in [2.75, 3.05) is 7.11 Å². The second-order valence-electron chi connectivity index (χ2n) is 6.25. The van der Waals surface area contributed by atoms with E-state index >= 15 is 0 Å². The normalized spacial score (nSPS) is 11.2. The van der Waals surface area contributed by atoms with Crippen LogP contribution in [0.5, 0.6) is 5.75 Å². The molecule has 0 amide bonds. The lowest BCUT2D eigenvalue weighted by Crippen LogP contribution is -2.35. The van der Waals surface area contributed by atoms with Gasteiger partial charge in [0.2, 0.25) is 0 Å². The third-order valence-corrected chi connectivity index (χ3v) is 3.82. The summed E-state index contributed by atoms with van der Waals surface area (Å²) in [6.45, 7) is 5.28. The van der Waals surface area contributed by atoms with Crippen LogP contribution in [0, 0.1) is 0 Å². The molecule has 1 aromatic heterocycles. The minimum atomic E-state index is -0.678. The summed E-state index contributed by atoms with van der Waals surface area (Å²) in [7, 11) is 1.60. The molecule has 0 atom stereocenters. The van der Waals surface area contributed by atoms with Crippen molar-refractivity contribution < 1.29 is 14.3 Å². The highest BCUT2D eigenvalue weighted by molar-refractivity contribution is 9.08. The number of alkyl halides is 1. The molecule has 6 heteroatoms. The van der Waals surface area contributed by atoms with E-state index in [2.05, 4.69) is 15.9 Å². The van der Waals surface area contributed by atoms with Crippen LogP contribution < -0.4 is 10.3 Å². The zero-order valence-electron chi connectivity index (χ0n) is 14.1. The number of hydrogen-bond acceptors (Lipinski definition) is 4. The average Bonchev–Trinajstić information content (AvgIpc) is 2.52. The summed E-state index contributed by atoms with van der Waals surface area (Å²) in [5.74, 6) is 0.738. The molecule has 1 heterocycles. The molecule has 0 fully saturated rings. The minimum Gasteiger partial charge on any atom is -0.497 e. The minimum absolute atomic E-state index is 0.353. The van der Waals surface area contributed by atoms with Crippen molar-refractivity contribution in [3.63, 3.8) is 0 Å². The van der Waals surface area contributed by atoms with Crippen LogP contribution in [0.4, 0.5) is 4.79 Å². The first-order chi connectivity index (χ1) is 11.2. The van der Waals surface area contributed by atoms with E-state index in [1.54, 1.807) is 33.9 Å². The number of hydrogen-bond donors (Lipinski definition) is 0. The number of ether oxygens (including phenoxy) is 2. The molecule has 24 heavy (non-hydrogen) atoms. The number of pyridine rings is 1. The van der Waals surface area contributed by atoms with E-state index in [4.69, 9.17) is 9.47 Å². The predicted molar refractivity (Wildman–Crippen MR) is 97.0 cm³/mol. The second-order valence-corrected chi connectivity index (χ2v) is 6.81. The Morgan fingerprint density at radius 2 is 1.75 bits per heavy atom. The number of aromatic nitrogens is 1. The summed E-state index contributed by atoms with van der Waals surface area (Å²) < 4.78 is 11.5. The number of rotatable bonds is 3. The Kier molecular flexibility index (Phi) is 5.49. The van der Waals surface area contributed by atoms with Gasteiger partial charge < -0.3 is 9.47 Å². The monoisotopic (exact) mass is 393 g/mol. The zero-order chi connectivity index (χ0) is 17.9. The van der Waals surface area contributed by atoms with E-state index in [1.165, 1.54) is 6.07 Å². The van der Waals surface area contributed by atoms with Crippen LogP contribution in [0.25, 0.3) is 11.1 Å². The Morgan fingerprint density at radius 1 is 1.12 bits per heavy atom. The molecule has 1 aromatic carbocycles. The van der Waals surface area contributed by atoms with E-state index in [0.29, 0.717) is 11.0 Å². The molecule has 0 bridgehead atoms. The molecule has 2 aromatic rings. The van der Waals surface area contributed by atoms with Gasteiger partial charge in [-0.25, -0.2) is 9.36 Å². The Hall–Kier alpha value is -2.08. The van der Waals surface area contributed by atoms with Crippen LogP contribution in [0.1, 0.15) is 26.5 Å². The second kappa shape index (κ2) is 7.21. The van der Waals surface area contributed by atoms with Crippen LogP contribution in [-0.4, -0.2) is 23.4 Å². The van der Waals surface area contributed by atoms with Gasteiger partial charge in [0.15, 0.2) is 0 Å². The Morgan fingerprint density at radius 3 is 2.25 bits per heavy atom. The van der Waals surface area contributed by atoms with E-state index in [0.717, 1.165) is 21.4 Å². The highest BCUT2D eigenvalue weighted by Crippen LogP contribution is 2.23. The molecule has 0 saturated heterocycles. The van der Waals surface area contributed by atoms with Gasteiger partial charge >= 0.3 is 6.09 Å². The Balaban J connectivity index is 2.46. The molecule has 2 rings (SSSR count). The van der Waals surface area contributed by atoms with Gasteiger partial charge in [-0.05, 0) is 50.1 Å². The Labute approximate surface area is 149 Å². The maximum atomic E-state index is 12.5. The van der Waals surface area contributed by atoms with Crippen molar-refractivity contribution in [1.82, 2.24) is 4.57 Å². The first-order valence-electron chi connectivity index (χ1n) is 7.45.